The van der Waals surface area contributed by atoms with Crippen LogP contribution >= 0.6 is 0 Å². The van der Waals surface area contributed by atoms with Crippen molar-refractivity contribution in [1.82, 2.24) is 20.6 Å². The Morgan fingerprint density at radius 1 is 1.14 bits per heavy atom. The molecule has 1 N–H and O–H groups in total. The van der Waals surface area contributed by atoms with E-state index in [2.05, 4.69) is 20.6 Å². The molecule has 0 amide bonds. The van der Waals surface area contributed by atoms with Gasteiger partial charge in [0.05, 0.1) is 6.26 Å². The summed E-state index contributed by atoms with van der Waals surface area (Å²) in [5.41, 5.74) is 1.75. The van der Waals surface area contributed by atoms with E-state index >= 15 is 0 Å². The highest BCUT2D eigenvalue weighted by Gasteiger charge is 2.21. The number of rotatable bonds is 6. The Morgan fingerprint density at radius 3 is 2.68 bits per heavy atom. The molecule has 0 bridgehead atoms. The van der Waals surface area contributed by atoms with Gasteiger partial charge in [-0.3, -0.25) is 9.59 Å². The van der Waals surface area contributed by atoms with Crippen molar-refractivity contribution in [1.29, 1.82) is 0 Å². The molecule has 0 saturated heterocycles. The van der Waals surface area contributed by atoms with Gasteiger partial charge in [0.15, 0.2) is 0 Å². The van der Waals surface area contributed by atoms with Crippen molar-refractivity contribution >= 4 is 11.6 Å². The number of carbonyl (C=O) groups excluding carboxylic acids is 2. The minimum atomic E-state index is -0.764. The van der Waals surface area contributed by atoms with E-state index in [9.17, 15) is 9.59 Å². The van der Waals surface area contributed by atoms with Crippen LogP contribution in [0.2, 0.25) is 0 Å². The van der Waals surface area contributed by atoms with Gasteiger partial charge in [0.1, 0.15) is 5.76 Å². The third-order valence-corrected chi connectivity index (χ3v) is 3.10. The van der Waals surface area contributed by atoms with Crippen LogP contribution in [0.1, 0.15) is 27.5 Å². The first-order chi connectivity index (χ1) is 10.7. The van der Waals surface area contributed by atoms with Crippen molar-refractivity contribution in [2.45, 2.75) is 12.8 Å². The van der Waals surface area contributed by atoms with E-state index in [1.54, 1.807) is 6.07 Å². The number of aromatic nitrogens is 4. The molecule has 7 nitrogen and oxygen atoms in total. The van der Waals surface area contributed by atoms with Crippen LogP contribution in [0.4, 0.5) is 0 Å². The van der Waals surface area contributed by atoms with Crippen LogP contribution in [0.25, 0.3) is 0 Å². The zero-order valence-corrected chi connectivity index (χ0v) is 11.5. The predicted molar refractivity (Wildman–Crippen MR) is 75.2 cm³/mol. The molecule has 2 heterocycles. The Kier molecular flexibility index (Phi) is 3.86. The van der Waals surface area contributed by atoms with Crippen LogP contribution in [-0.4, -0.2) is 32.2 Å². The van der Waals surface area contributed by atoms with Gasteiger partial charge in [0.2, 0.25) is 11.6 Å². The van der Waals surface area contributed by atoms with Crippen molar-refractivity contribution in [3.63, 3.8) is 0 Å². The molecule has 22 heavy (non-hydrogen) atoms. The number of aromatic amines is 1. The minimum absolute atomic E-state index is 0.0499. The number of hydrogen-bond donors (Lipinski definition) is 1. The summed E-state index contributed by atoms with van der Waals surface area (Å²) < 4.78 is 5.43. The summed E-state index contributed by atoms with van der Waals surface area (Å²) in [6.07, 6.45) is 2.07. The van der Waals surface area contributed by atoms with Crippen LogP contribution in [0.3, 0.4) is 0 Å². The number of hydrogen-bond acceptors (Lipinski definition) is 6. The lowest BCUT2D eigenvalue weighted by Gasteiger charge is -1.96. The van der Waals surface area contributed by atoms with Crippen LogP contribution < -0.4 is 0 Å². The highest BCUT2D eigenvalue weighted by molar-refractivity contribution is 6.43. The first-order valence-electron chi connectivity index (χ1n) is 6.63. The van der Waals surface area contributed by atoms with Crippen LogP contribution in [0.15, 0.2) is 47.1 Å². The number of ketones is 2. The highest BCUT2D eigenvalue weighted by atomic mass is 16.3. The molecule has 0 radical (unpaired) electrons. The molecule has 0 spiro atoms. The third-order valence-electron chi connectivity index (χ3n) is 3.10. The normalized spacial score (nSPS) is 10.5. The number of benzene rings is 1. The molecule has 7 heteroatoms. The van der Waals surface area contributed by atoms with Crippen molar-refractivity contribution in [2.75, 3.05) is 0 Å². The molecule has 0 fully saturated rings. The van der Waals surface area contributed by atoms with E-state index in [1.165, 1.54) is 6.26 Å². The van der Waals surface area contributed by atoms with Crippen LogP contribution in [-0.2, 0) is 17.6 Å². The Balaban J connectivity index is 1.64. The molecule has 3 aromatic rings. The quantitative estimate of drug-likeness (QED) is 0.544. The maximum Gasteiger partial charge on any atom is 0.269 e. The van der Waals surface area contributed by atoms with Crippen molar-refractivity contribution < 1.29 is 14.0 Å². The Hall–Kier alpha value is -3.09. The lowest BCUT2D eigenvalue weighted by molar-refractivity contribution is -0.114. The second kappa shape index (κ2) is 6.13. The summed E-state index contributed by atoms with van der Waals surface area (Å²) in [5, 5.41) is 12.4. The lowest BCUT2D eigenvalue weighted by atomic mass is 10.1. The molecule has 0 atom stereocenters. The molecule has 0 aliphatic rings. The number of H-pyrrole nitrogens is 1. The zero-order valence-electron chi connectivity index (χ0n) is 11.5. The lowest BCUT2D eigenvalue weighted by Crippen LogP contribution is -2.18. The van der Waals surface area contributed by atoms with Gasteiger partial charge in [-0.05, 0) is 22.4 Å². The number of nitrogens with one attached hydrogen (secondary N) is 1. The van der Waals surface area contributed by atoms with Gasteiger partial charge >= 0.3 is 0 Å². The predicted octanol–water partition coefficient (Wildman–Crippen LogP) is 1.38. The highest BCUT2D eigenvalue weighted by Crippen LogP contribution is 2.14. The molecule has 0 saturated carbocycles. The molecule has 110 valence electrons. The molecular weight excluding hydrogens is 284 g/mol. The number of Topliss-reactive ketones (excluding diaryl/α,β-unsaturated/α-hetero) is 2. The maximum absolute atomic E-state index is 11.9. The summed E-state index contributed by atoms with van der Waals surface area (Å²) in [4.78, 5) is 23.6. The Bertz CT molecular complexity index is 778. The number of tetrazole rings is 1. The van der Waals surface area contributed by atoms with E-state index in [0.29, 0.717) is 12.0 Å². The molecule has 0 aliphatic carbocycles. The summed E-state index contributed by atoms with van der Waals surface area (Å²) in [6.45, 7) is 0. The van der Waals surface area contributed by atoms with Gasteiger partial charge < -0.3 is 4.42 Å². The number of carbonyl (C=O) groups is 2. The summed E-state index contributed by atoms with van der Waals surface area (Å²) >= 11 is 0. The average Bonchev–Trinajstić information content (AvgIpc) is 3.19. The van der Waals surface area contributed by atoms with E-state index < -0.39 is 11.6 Å². The number of nitrogens with zero attached hydrogens (tertiary/aromatic N) is 3. The number of furan rings is 1. The van der Waals surface area contributed by atoms with Crippen molar-refractivity contribution in [3.05, 3.63) is 65.4 Å². The van der Waals surface area contributed by atoms with E-state index in [4.69, 9.17) is 4.42 Å². The molecule has 2 aromatic heterocycles. The fourth-order valence-corrected chi connectivity index (χ4v) is 2.06. The monoisotopic (exact) mass is 296 g/mol. The second-order valence-electron chi connectivity index (χ2n) is 4.75. The van der Waals surface area contributed by atoms with E-state index in [1.807, 2.05) is 30.3 Å². The SMILES string of the molecule is O=C(Cc1coc(Cc2ccccc2)c1)C(=O)c1nn[nH]n1. The molecular formula is C15H12N4O3. The fraction of sp³-hybridized carbons (Fsp3) is 0.133. The summed E-state index contributed by atoms with van der Waals surface area (Å²) in [7, 11) is 0. The first kappa shape index (κ1) is 13.9. The molecule has 1 aromatic carbocycles. The van der Waals surface area contributed by atoms with E-state index in [-0.39, 0.29) is 12.2 Å². The molecule has 3 rings (SSSR count). The Labute approximate surface area is 125 Å². The van der Waals surface area contributed by atoms with Crippen LogP contribution in [0.5, 0.6) is 0 Å². The summed E-state index contributed by atoms with van der Waals surface area (Å²) in [5.74, 6) is -0.855. The fourth-order valence-electron chi connectivity index (χ4n) is 2.06. The van der Waals surface area contributed by atoms with Gasteiger partial charge in [0, 0.05) is 12.8 Å². The largest absolute Gasteiger partial charge is 0.469 e. The summed E-state index contributed by atoms with van der Waals surface area (Å²) in [6, 6.07) is 11.6. The van der Waals surface area contributed by atoms with Crippen molar-refractivity contribution in [2.24, 2.45) is 0 Å². The van der Waals surface area contributed by atoms with Crippen LogP contribution in [0, 0.1) is 0 Å². The molecule has 0 aliphatic heterocycles. The van der Waals surface area contributed by atoms with Gasteiger partial charge in [0.25, 0.3) is 5.78 Å². The van der Waals surface area contributed by atoms with Gasteiger partial charge in [-0.2, -0.15) is 5.21 Å². The van der Waals surface area contributed by atoms with Gasteiger partial charge in [-0.1, -0.05) is 30.3 Å². The molecule has 0 unspecified atom stereocenters. The minimum Gasteiger partial charge on any atom is -0.469 e. The first-order valence-corrected chi connectivity index (χ1v) is 6.63. The maximum atomic E-state index is 11.9. The average molecular weight is 296 g/mol. The van der Waals surface area contributed by atoms with E-state index in [0.717, 1.165) is 11.3 Å². The second-order valence-corrected chi connectivity index (χ2v) is 4.75. The third kappa shape index (κ3) is 3.14. The zero-order chi connectivity index (χ0) is 15.4. The standard InChI is InChI=1S/C15H12N4O3/c20-13(14(21)15-16-18-19-17-15)8-11-7-12(22-9-11)6-10-4-2-1-3-5-10/h1-5,7,9H,6,8H2,(H,16,17,18,19). The van der Waals surface area contributed by atoms with Crippen molar-refractivity contribution in [3.8, 4) is 0 Å². The topological polar surface area (TPSA) is 102 Å². The van der Waals surface area contributed by atoms with Gasteiger partial charge in [-0.25, -0.2) is 0 Å². The smallest absolute Gasteiger partial charge is 0.269 e. The van der Waals surface area contributed by atoms with Gasteiger partial charge in [-0.15, -0.1) is 10.2 Å². The Morgan fingerprint density at radius 2 is 1.95 bits per heavy atom.